The molecule has 0 aliphatic heterocycles. The number of pyridine rings is 1. The van der Waals surface area contributed by atoms with Gasteiger partial charge in [0.15, 0.2) is 0 Å². The molecule has 0 saturated carbocycles. The van der Waals surface area contributed by atoms with Crippen LogP contribution in [0.2, 0.25) is 10.2 Å². The fraction of sp³-hybridized carbons (Fsp3) is 0.583. The SMILES string of the molecule is CCCCCCOCc1nc(Cl)ccc1Cl. The Morgan fingerprint density at radius 1 is 1.19 bits per heavy atom. The number of aromatic nitrogens is 1. The molecule has 0 amide bonds. The molecule has 0 aliphatic carbocycles. The fourth-order valence-electron chi connectivity index (χ4n) is 1.36. The summed E-state index contributed by atoms with van der Waals surface area (Å²) in [6.45, 7) is 3.38. The van der Waals surface area contributed by atoms with Crippen molar-refractivity contribution in [2.24, 2.45) is 0 Å². The molecule has 0 bridgehead atoms. The molecule has 1 heterocycles. The first-order valence-corrected chi connectivity index (χ1v) is 6.38. The summed E-state index contributed by atoms with van der Waals surface area (Å²) in [6, 6.07) is 3.42. The van der Waals surface area contributed by atoms with Crippen LogP contribution in [-0.4, -0.2) is 11.6 Å². The van der Waals surface area contributed by atoms with E-state index in [1.807, 2.05) is 0 Å². The van der Waals surface area contributed by atoms with E-state index in [-0.39, 0.29) is 0 Å². The van der Waals surface area contributed by atoms with Gasteiger partial charge in [0.05, 0.1) is 17.3 Å². The molecule has 0 unspecified atom stereocenters. The maximum absolute atomic E-state index is 5.96. The van der Waals surface area contributed by atoms with Crippen LogP contribution < -0.4 is 0 Å². The Morgan fingerprint density at radius 2 is 2.00 bits per heavy atom. The maximum Gasteiger partial charge on any atom is 0.129 e. The number of ether oxygens (including phenoxy) is 1. The van der Waals surface area contributed by atoms with Crippen molar-refractivity contribution in [3.8, 4) is 0 Å². The van der Waals surface area contributed by atoms with Gasteiger partial charge in [0, 0.05) is 6.61 Å². The van der Waals surface area contributed by atoms with E-state index in [0.717, 1.165) is 13.0 Å². The lowest BCUT2D eigenvalue weighted by atomic mass is 10.2. The van der Waals surface area contributed by atoms with Gasteiger partial charge in [0.2, 0.25) is 0 Å². The molecule has 0 aromatic carbocycles. The summed E-state index contributed by atoms with van der Waals surface area (Å²) in [5.74, 6) is 0. The van der Waals surface area contributed by atoms with Crippen LogP contribution >= 0.6 is 23.2 Å². The van der Waals surface area contributed by atoms with Crippen molar-refractivity contribution >= 4 is 23.2 Å². The van der Waals surface area contributed by atoms with Crippen LogP contribution in [0.25, 0.3) is 0 Å². The number of hydrogen-bond donors (Lipinski definition) is 0. The van der Waals surface area contributed by atoms with Crippen LogP contribution in [-0.2, 0) is 11.3 Å². The summed E-state index contributed by atoms with van der Waals surface area (Å²) in [5.41, 5.74) is 0.713. The van der Waals surface area contributed by atoms with E-state index in [1.54, 1.807) is 12.1 Å². The van der Waals surface area contributed by atoms with E-state index < -0.39 is 0 Å². The molecule has 0 aliphatic rings. The number of halogens is 2. The third kappa shape index (κ3) is 5.15. The van der Waals surface area contributed by atoms with E-state index in [1.165, 1.54) is 19.3 Å². The van der Waals surface area contributed by atoms with Crippen LogP contribution in [0.4, 0.5) is 0 Å². The van der Waals surface area contributed by atoms with Crippen molar-refractivity contribution in [1.29, 1.82) is 0 Å². The van der Waals surface area contributed by atoms with Gasteiger partial charge >= 0.3 is 0 Å². The Balaban J connectivity index is 2.23. The fourth-order valence-corrected chi connectivity index (χ4v) is 1.68. The van der Waals surface area contributed by atoms with Gasteiger partial charge in [-0.15, -0.1) is 0 Å². The molecule has 1 aromatic rings. The number of rotatable bonds is 7. The quantitative estimate of drug-likeness (QED) is 0.533. The third-order valence-electron chi connectivity index (χ3n) is 2.27. The molecule has 0 atom stereocenters. The maximum atomic E-state index is 5.96. The zero-order valence-electron chi connectivity index (χ0n) is 9.51. The first-order chi connectivity index (χ1) is 7.74. The van der Waals surface area contributed by atoms with Crippen LogP contribution in [0.1, 0.15) is 38.3 Å². The number of unbranched alkanes of at least 4 members (excludes halogenated alkanes) is 3. The Labute approximate surface area is 107 Å². The Bertz CT molecular complexity index is 318. The van der Waals surface area contributed by atoms with Crippen molar-refractivity contribution < 1.29 is 4.74 Å². The van der Waals surface area contributed by atoms with Crippen molar-refractivity contribution in [2.75, 3.05) is 6.61 Å². The van der Waals surface area contributed by atoms with Crippen molar-refractivity contribution in [3.63, 3.8) is 0 Å². The Morgan fingerprint density at radius 3 is 2.75 bits per heavy atom. The standard InChI is InChI=1S/C12H17Cl2NO/c1-2-3-4-5-8-16-9-11-10(13)6-7-12(14)15-11/h6-7H,2-5,8-9H2,1H3. The van der Waals surface area contributed by atoms with Crippen LogP contribution in [0.3, 0.4) is 0 Å². The highest BCUT2D eigenvalue weighted by atomic mass is 35.5. The molecule has 1 rings (SSSR count). The van der Waals surface area contributed by atoms with Crippen molar-refractivity contribution in [1.82, 2.24) is 4.98 Å². The molecule has 0 saturated heterocycles. The predicted molar refractivity (Wildman–Crippen MR) is 68.1 cm³/mol. The van der Waals surface area contributed by atoms with E-state index >= 15 is 0 Å². The van der Waals surface area contributed by atoms with Crippen LogP contribution in [0.5, 0.6) is 0 Å². The van der Waals surface area contributed by atoms with Gasteiger partial charge in [0.1, 0.15) is 5.15 Å². The van der Waals surface area contributed by atoms with Gasteiger partial charge in [0.25, 0.3) is 0 Å². The summed E-state index contributed by atoms with van der Waals surface area (Å²) >= 11 is 11.7. The van der Waals surface area contributed by atoms with Gasteiger partial charge in [-0.05, 0) is 18.6 Å². The van der Waals surface area contributed by atoms with Crippen LogP contribution in [0.15, 0.2) is 12.1 Å². The van der Waals surface area contributed by atoms with E-state index in [0.29, 0.717) is 22.5 Å². The van der Waals surface area contributed by atoms with Crippen molar-refractivity contribution in [3.05, 3.63) is 28.0 Å². The van der Waals surface area contributed by atoms with Gasteiger partial charge in [-0.2, -0.15) is 0 Å². The molecule has 0 fully saturated rings. The molecule has 90 valence electrons. The highest BCUT2D eigenvalue weighted by Crippen LogP contribution is 2.17. The largest absolute Gasteiger partial charge is 0.375 e. The first-order valence-electron chi connectivity index (χ1n) is 5.62. The predicted octanol–water partition coefficient (Wildman–Crippen LogP) is 4.49. The molecule has 0 radical (unpaired) electrons. The minimum Gasteiger partial charge on any atom is -0.375 e. The summed E-state index contributed by atoms with van der Waals surface area (Å²) < 4.78 is 5.50. The minimum absolute atomic E-state index is 0.436. The second-order valence-corrected chi connectivity index (χ2v) is 4.47. The topological polar surface area (TPSA) is 22.1 Å². The summed E-state index contributed by atoms with van der Waals surface area (Å²) in [7, 11) is 0. The average Bonchev–Trinajstić information content (AvgIpc) is 2.28. The molecule has 2 nitrogen and oxygen atoms in total. The van der Waals surface area contributed by atoms with Gasteiger partial charge in [-0.1, -0.05) is 49.4 Å². The van der Waals surface area contributed by atoms with Crippen LogP contribution in [0, 0.1) is 0 Å². The normalized spacial score (nSPS) is 10.7. The molecular formula is C12H17Cl2NO. The summed E-state index contributed by atoms with van der Waals surface area (Å²) in [4.78, 5) is 4.12. The molecule has 0 spiro atoms. The highest BCUT2D eigenvalue weighted by molar-refractivity contribution is 6.32. The highest BCUT2D eigenvalue weighted by Gasteiger charge is 2.02. The lowest BCUT2D eigenvalue weighted by Gasteiger charge is -2.05. The zero-order chi connectivity index (χ0) is 11.8. The number of hydrogen-bond acceptors (Lipinski definition) is 2. The average molecular weight is 262 g/mol. The lowest BCUT2D eigenvalue weighted by Crippen LogP contribution is -1.99. The molecule has 0 N–H and O–H groups in total. The van der Waals surface area contributed by atoms with Gasteiger partial charge in [-0.3, -0.25) is 0 Å². The molecule has 1 aromatic heterocycles. The molecule has 4 heteroatoms. The molecule has 16 heavy (non-hydrogen) atoms. The van der Waals surface area contributed by atoms with Crippen molar-refractivity contribution in [2.45, 2.75) is 39.2 Å². The third-order valence-corrected chi connectivity index (χ3v) is 2.82. The minimum atomic E-state index is 0.436. The first kappa shape index (κ1) is 13.8. The lowest BCUT2D eigenvalue weighted by molar-refractivity contribution is 0.114. The number of nitrogens with zero attached hydrogens (tertiary/aromatic N) is 1. The van der Waals surface area contributed by atoms with Gasteiger partial charge < -0.3 is 4.74 Å². The Hall–Kier alpha value is -0.310. The van der Waals surface area contributed by atoms with E-state index in [2.05, 4.69) is 11.9 Å². The monoisotopic (exact) mass is 261 g/mol. The second-order valence-electron chi connectivity index (χ2n) is 3.68. The van der Waals surface area contributed by atoms with E-state index in [9.17, 15) is 0 Å². The summed E-state index contributed by atoms with van der Waals surface area (Å²) in [6.07, 6.45) is 4.81. The van der Waals surface area contributed by atoms with Gasteiger partial charge in [-0.25, -0.2) is 4.98 Å². The smallest absolute Gasteiger partial charge is 0.129 e. The van der Waals surface area contributed by atoms with E-state index in [4.69, 9.17) is 27.9 Å². The Kier molecular flexibility index (Phi) is 6.78. The summed E-state index contributed by atoms with van der Waals surface area (Å²) in [5, 5.41) is 1.06. The zero-order valence-corrected chi connectivity index (χ0v) is 11.0. The molecular weight excluding hydrogens is 245 g/mol. The second kappa shape index (κ2) is 7.88.